The van der Waals surface area contributed by atoms with E-state index in [4.69, 9.17) is 9.84 Å². The Morgan fingerprint density at radius 2 is 1.73 bits per heavy atom. The molecule has 1 aliphatic rings. The molecule has 0 aliphatic heterocycles. The molecule has 0 radical (unpaired) electrons. The highest BCUT2D eigenvalue weighted by molar-refractivity contribution is 5.99. The molecule has 1 heterocycles. The Hall–Kier alpha value is -4.40. The van der Waals surface area contributed by atoms with E-state index in [9.17, 15) is 14.4 Å². The summed E-state index contributed by atoms with van der Waals surface area (Å²) in [5, 5.41) is 18.0. The Bertz CT molecular complexity index is 1200. The fourth-order valence-corrected chi connectivity index (χ4v) is 3.85. The van der Waals surface area contributed by atoms with Crippen LogP contribution in [0.5, 0.6) is 0 Å². The molecule has 3 aromatic rings. The molecule has 9 nitrogen and oxygen atoms in total. The molecule has 1 aromatic heterocycles. The number of carbonyl (C=O) groups is 3. The maximum Gasteiger partial charge on any atom is 0.407 e. The van der Waals surface area contributed by atoms with Crippen LogP contribution in [0.1, 0.15) is 27.5 Å². The second-order valence-electron chi connectivity index (χ2n) is 7.44. The van der Waals surface area contributed by atoms with Crippen molar-refractivity contribution in [3.05, 3.63) is 83.6 Å². The zero-order chi connectivity index (χ0) is 23.4. The van der Waals surface area contributed by atoms with Crippen LogP contribution in [0, 0.1) is 0 Å². The lowest BCUT2D eigenvalue weighted by Gasteiger charge is -2.14. The van der Waals surface area contributed by atoms with Crippen molar-refractivity contribution < 1.29 is 24.2 Å². The monoisotopic (exact) mass is 446 g/mol. The molecule has 0 saturated heterocycles. The molecule has 0 atom stereocenters. The molecule has 0 unspecified atom stereocenters. The lowest BCUT2D eigenvalue weighted by molar-refractivity contribution is -0.111. The van der Waals surface area contributed by atoms with Gasteiger partial charge in [0.05, 0.1) is 0 Å². The number of carboxylic acids is 1. The Kier molecular flexibility index (Phi) is 6.21. The fourth-order valence-electron chi connectivity index (χ4n) is 3.85. The van der Waals surface area contributed by atoms with Crippen LogP contribution in [0.15, 0.2) is 66.7 Å². The van der Waals surface area contributed by atoms with E-state index in [2.05, 4.69) is 27.9 Å². The van der Waals surface area contributed by atoms with Gasteiger partial charge in [0.1, 0.15) is 12.3 Å². The molecule has 0 bridgehead atoms. The van der Waals surface area contributed by atoms with Crippen LogP contribution < -0.4 is 10.6 Å². The van der Waals surface area contributed by atoms with Gasteiger partial charge in [-0.05, 0) is 22.3 Å². The number of aromatic nitrogens is 2. The molecule has 2 amide bonds. The number of benzene rings is 2. The highest BCUT2D eigenvalue weighted by Crippen LogP contribution is 2.44. The van der Waals surface area contributed by atoms with E-state index in [0.29, 0.717) is 0 Å². The van der Waals surface area contributed by atoms with Gasteiger partial charge in [-0.2, -0.15) is 5.10 Å². The Labute approximate surface area is 189 Å². The van der Waals surface area contributed by atoms with E-state index in [1.807, 2.05) is 36.4 Å². The van der Waals surface area contributed by atoms with E-state index in [1.165, 1.54) is 25.3 Å². The topological polar surface area (TPSA) is 123 Å². The van der Waals surface area contributed by atoms with Crippen molar-refractivity contribution in [1.29, 1.82) is 0 Å². The van der Waals surface area contributed by atoms with E-state index in [-0.39, 0.29) is 30.6 Å². The van der Waals surface area contributed by atoms with E-state index < -0.39 is 18.0 Å². The molecule has 0 fully saturated rings. The maximum atomic E-state index is 12.1. The van der Waals surface area contributed by atoms with Crippen LogP contribution in [-0.2, 0) is 16.6 Å². The number of amides is 2. The number of nitrogens with one attached hydrogen (secondary N) is 2. The first-order valence-electron chi connectivity index (χ1n) is 10.3. The molecule has 33 heavy (non-hydrogen) atoms. The summed E-state index contributed by atoms with van der Waals surface area (Å²) < 4.78 is 6.58. The zero-order valence-corrected chi connectivity index (χ0v) is 17.8. The molecule has 0 saturated carbocycles. The van der Waals surface area contributed by atoms with Crippen molar-refractivity contribution in [2.24, 2.45) is 7.05 Å². The quantitative estimate of drug-likeness (QED) is 0.479. The molecule has 2 aromatic carbocycles. The first-order valence-corrected chi connectivity index (χ1v) is 10.3. The summed E-state index contributed by atoms with van der Waals surface area (Å²) in [4.78, 5) is 35.1. The number of alkyl carbamates (subject to hydrolysis) is 1. The Morgan fingerprint density at radius 1 is 1.09 bits per heavy atom. The second kappa shape index (κ2) is 9.39. The summed E-state index contributed by atoms with van der Waals surface area (Å²) in [6, 6.07) is 17.4. The van der Waals surface area contributed by atoms with Crippen LogP contribution in [0.4, 0.5) is 10.6 Å². The molecular formula is C24H22N4O5. The van der Waals surface area contributed by atoms with Gasteiger partial charge in [-0.3, -0.25) is 9.48 Å². The molecule has 9 heteroatoms. The summed E-state index contributed by atoms with van der Waals surface area (Å²) in [5.74, 6) is -1.56. The minimum absolute atomic E-state index is 0.0291. The average molecular weight is 446 g/mol. The van der Waals surface area contributed by atoms with Crippen molar-refractivity contribution in [2.75, 3.05) is 18.5 Å². The number of rotatable bonds is 7. The smallest absolute Gasteiger partial charge is 0.407 e. The van der Waals surface area contributed by atoms with Gasteiger partial charge >= 0.3 is 12.1 Å². The molecule has 0 spiro atoms. The van der Waals surface area contributed by atoms with Crippen molar-refractivity contribution in [1.82, 2.24) is 15.1 Å². The first kappa shape index (κ1) is 21.8. The third-order valence-corrected chi connectivity index (χ3v) is 5.33. The molecular weight excluding hydrogens is 424 g/mol. The van der Waals surface area contributed by atoms with Gasteiger partial charge < -0.3 is 20.5 Å². The Morgan fingerprint density at radius 3 is 2.33 bits per heavy atom. The van der Waals surface area contributed by atoms with Gasteiger partial charge in [-0.15, -0.1) is 0 Å². The second-order valence-corrected chi connectivity index (χ2v) is 7.44. The minimum Gasteiger partial charge on any atom is -0.477 e. The number of ether oxygens (including phenoxy) is 1. The first-order chi connectivity index (χ1) is 15.9. The highest BCUT2D eigenvalue weighted by Gasteiger charge is 2.28. The summed E-state index contributed by atoms with van der Waals surface area (Å²) in [7, 11) is 1.47. The number of fused-ring (bicyclic) bond motifs is 3. The van der Waals surface area contributed by atoms with Crippen molar-refractivity contribution in [3.8, 4) is 11.1 Å². The van der Waals surface area contributed by atoms with Crippen molar-refractivity contribution >= 4 is 23.8 Å². The van der Waals surface area contributed by atoms with E-state index in [0.717, 1.165) is 26.9 Å². The third-order valence-electron chi connectivity index (χ3n) is 5.33. The van der Waals surface area contributed by atoms with Gasteiger partial charge in [0, 0.05) is 31.7 Å². The number of anilines is 1. The number of aromatic carboxylic acids is 1. The molecule has 1 aliphatic carbocycles. The molecule has 168 valence electrons. The zero-order valence-electron chi connectivity index (χ0n) is 17.8. The lowest BCUT2D eigenvalue weighted by atomic mass is 9.98. The lowest BCUT2D eigenvalue weighted by Crippen LogP contribution is -2.26. The van der Waals surface area contributed by atoms with Gasteiger partial charge in [-0.25, -0.2) is 9.59 Å². The Balaban J connectivity index is 1.26. The van der Waals surface area contributed by atoms with Crippen LogP contribution in [-0.4, -0.2) is 46.0 Å². The largest absolute Gasteiger partial charge is 0.477 e. The maximum absolute atomic E-state index is 12.1. The van der Waals surface area contributed by atoms with E-state index >= 15 is 0 Å². The van der Waals surface area contributed by atoms with Gasteiger partial charge in [0.15, 0.2) is 5.82 Å². The SMILES string of the molecule is Cn1nc(NC(=O)/C=C/CNC(=O)OCC2c3ccccc3-c3ccccc32)cc1C(=O)O. The summed E-state index contributed by atoms with van der Waals surface area (Å²) in [6.45, 7) is 0.294. The summed E-state index contributed by atoms with van der Waals surface area (Å²) in [6.07, 6.45) is 2.09. The molecule has 3 N–H and O–H groups in total. The summed E-state index contributed by atoms with van der Waals surface area (Å²) >= 11 is 0. The van der Waals surface area contributed by atoms with Crippen molar-refractivity contribution in [2.45, 2.75) is 5.92 Å². The number of hydrogen-bond acceptors (Lipinski definition) is 5. The number of nitrogens with zero attached hydrogens (tertiary/aromatic N) is 2. The minimum atomic E-state index is -1.15. The van der Waals surface area contributed by atoms with Crippen LogP contribution in [0.2, 0.25) is 0 Å². The standard InChI is InChI=1S/C24H22N4O5/c1-28-20(23(30)31)13-21(27-28)26-22(29)11-6-12-25-24(32)33-14-19-17-9-4-2-7-15(17)16-8-3-5-10-18(16)19/h2-11,13,19H,12,14H2,1H3,(H,25,32)(H,30,31)(H,26,27,29)/b11-6+. The van der Waals surface area contributed by atoms with Gasteiger partial charge in [-0.1, -0.05) is 54.6 Å². The van der Waals surface area contributed by atoms with Crippen LogP contribution >= 0.6 is 0 Å². The molecule has 4 rings (SSSR count). The van der Waals surface area contributed by atoms with Crippen molar-refractivity contribution in [3.63, 3.8) is 0 Å². The number of aryl methyl sites for hydroxylation is 1. The van der Waals surface area contributed by atoms with E-state index in [1.54, 1.807) is 0 Å². The normalized spacial score (nSPS) is 12.3. The predicted molar refractivity (Wildman–Crippen MR) is 121 cm³/mol. The van der Waals surface area contributed by atoms with Crippen LogP contribution in [0.25, 0.3) is 11.1 Å². The number of carbonyl (C=O) groups excluding carboxylic acids is 2. The average Bonchev–Trinajstić information content (AvgIpc) is 3.33. The third kappa shape index (κ3) is 4.77. The number of hydrogen-bond donors (Lipinski definition) is 3. The van der Waals surface area contributed by atoms with Gasteiger partial charge in [0.25, 0.3) is 0 Å². The predicted octanol–water partition coefficient (Wildman–Crippen LogP) is 3.15. The van der Waals surface area contributed by atoms with Crippen LogP contribution in [0.3, 0.4) is 0 Å². The highest BCUT2D eigenvalue weighted by atomic mass is 16.5. The van der Waals surface area contributed by atoms with Gasteiger partial charge in [0.2, 0.25) is 5.91 Å². The fraction of sp³-hybridized carbons (Fsp3) is 0.167. The number of carboxylic acid groups (broad SMARTS) is 1. The summed E-state index contributed by atoms with van der Waals surface area (Å²) in [5.41, 5.74) is 4.51.